The fraction of sp³-hybridized carbons (Fsp3) is 0.889. The van der Waals surface area contributed by atoms with E-state index in [1.165, 1.54) is 0 Å². The molecule has 2 rings (SSSR count). The Morgan fingerprint density at radius 1 is 1.25 bits per heavy atom. The van der Waals surface area contributed by atoms with Gasteiger partial charge >= 0.3 is 6.09 Å². The van der Waals surface area contributed by atoms with Gasteiger partial charge in [-0.15, -0.1) is 0 Å². The molecule has 2 amide bonds. The summed E-state index contributed by atoms with van der Waals surface area (Å²) in [7, 11) is 0. The van der Waals surface area contributed by atoms with Gasteiger partial charge in [0.2, 0.25) is 0 Å². The van der Waals surface area contributed by atoms with E-state index in [1.54, 1.807) is 4.90 Å². The van der Waals surface area contributed by atoms with E-state index in [0.29, 0.717) is 19.6 Å². The van der Waals surface area contributed by atoms with Crippen LogP contribution in [0.3, 0.4) is 0 Å². The first-order valence-corrected chi connectivity index (χ1v) is 8.95. The Labute approximate surface area is 145 Å². The molecule has 6 heteroatoms. The largest absolute Gasteiger partial charge is 0.444 e. The predicted molar refractivity (Wildman–Crippen MR) is 91.8 cm³/mol. The van der Waals surface area contributed by atoms with Crippen molar-refractivity contribution in [2.24, 2.45) is 0 Å². The quantitative estimate of drug-likeness (QED) is 0.775. The van der Waals surface area contributed by atoms with Crippen molar-refractivity contribution in [1.29, 1.82) is 0 Å². The maximum absolute atomic E-state index is 12.5. The molecule has 2 fully saturated rings. The van der Waals surface area contributed by atoms with Gasteiger partial charge < -0.3 is 19.3 Å². The summed E-state index contributed by atoms with van der Waals surface area (Å²) < 4.78 is 11.7. The SMILES string of the molecule is CCCN1CC2(CCN(C(=O)OC(C)(C)C)CC2)OC(C)(C)C1=O. The molecule has 0 atom stereocenters. The van der Waals surface area contributed by atoms with Crippen LogP contribution in [0.2, 0.25) is 0 Å². The molecule has 2 saturated heterocycles. The summed E-state index contributed by atoms with van der Waals surface area (Å²) in [5.41, 5.74) is -1.65. The van der Waals surface area contributed by atoms with Gasteiger partial charge in [-0.3, -0.25) is 4.79 Å². The molecular weight excluding hydrogens is 308 g/mol. The lowest BCUT2D eigenvalue weighted by molar-refractivity contribution is -0.215. The van der Waals surface area contributed by atoms with Crippen molar-refractivity contribution in [1.82, 2.24) is 9.80 Å². The van der Waals surface area contributed by atoms with E-state index in [-0.39, 0.29) is 17.6 Å². The van der Waals surface area contributed by atoms with E-state index in [2.05, 4.69) is 6.92 Å². The van der Waals surface area contributed by atoms with Crippen LogP contribution < -0.4 is 0 Å². The second kappa shape index (κ2) is 6.54. The van der Waals surface area contributed by atoms with Crippen LogP contribution in [0.15, 0.2) is 0 Å². The fourth-order valence-electron chi connectivity index (χ4n) is 3.55. The summed E-state index contributed by atoms with van der Waals surface area (Å²) >= 11 is 0. The lowest BCUT2D eigenvalue weighted by Crippen LogP contribution is -2.65. The summed E-state index contributed by atoms with van der Waals surface area (Å²) in [6.45, 7) is 13.9. The highest BCUT2D eigenvalue weighted by Crippen LogP contribution is 2.37. The van der Waals surface area contributed by atoms with Crippen molar-refractivity contribution >= 4 is 12.0 Å². The van der Waals surface area contributed by atoms with Gasteiger partial charge in [-0.25, -0.2) is 4.79 Å². The zero-order valence-corrected chi connectivity index (χ0v) is 16.0. The molecule has 1 spiro atoms. The molecule has 0 aromatic carbocycles. The highest BCUT2D eigenvalue weighted by molar-refractivity contribution is 5.85. The summed E-state index contributed by atoms with van der Waals surface area (Å²) in [4.78, 5) is 28.4. The number of carbonyl (C=O) groups excluding carboxylic acids is 2. The molecule has 0 radical (unpaired) electrons. The summed E-state index contributed by atoms with van der Waals surface area (Å²) in [6.07, 6.45) is 2.11. The predicted octanol–water partition coefficient (Wildman–Crippen LogP) is 2.80. The number of nitrogens with zero attached hydrogens (tertiary/aromatic N) is 2. The number of rotatable bonds is 2. The Hall–Kier alpha value is -1.30. The number of morpholine rings is 1. The smallest absolute Gasteiger partial charge is 0.410 e. The summed E-state index contributed by atoms with van der Waals surface area (Å²) in [6, 6.07) is 0. The molecule has 0 aromatic heterocycles. The standard InChI is InChI=1S/C18H32N2O4/c1-7-10-20-13-18(24-17(5,6)14(20)21)8-11-19(12-9-18)15(22)23-16(2,3)4/h7-13H2,1-6H3. The average molecular weight is 340 g/mol. The molecule has 0 aromatic rings. The molecule has 2 aliphatic rings. The van der Waals surface area contributed by atoms with Gasteiger partial charge in [-0.1, -0.05) is 6.92 Å². The Morgan fingerprint density at radius 3 is 2.33 bits per heavy atom. The van der Waals surface area contributed by atoms with Gasteiger partial charge in [-0.2, -0.15) is 0 Å². The first-order chi connectivity index (χ1) is 11.0. The normalized spacial score (nSPS) is 23.5. The number of piperidine rings is 1. The number of hydrogen-bond donors (Lipinski definition) is 0. The van der Waals surface area contributed by atoms with Crippen molar-refractivity contribution in [3.05, 3.63) is 0 Å². The van der Waals surface area contributed by atoms with Crippen LogP contribution in [0.5, 0.6) is 0 Å². The van der Waals surface area contributed by atoms with Gasteiger partial charge in [0.05, 0.1) is 5.60 Å². The van der Waals surface area contributed by atoms with Crippen molar-refractivity contribution in [3.8, 4) is 0 Å². The maximum atomic E-state index is 12.5. The van der Waals surface area contributed by atoms with E-state index in [4.69, 9.17) is 9.47 Å². The lowest BCUT2D eigenvalue weighted by atomic mass is 9.86. The minimum absolute atomic E-state index is 0.0598. The minimum Gasteiger partial charge on any atom is -0.444 e. The number of likely N-dealkylation sites (tertiary alicyclic amines) is 1. The molecule has 24 heavy (non-hydrogen) atoms. The first-order valence-electron chi connectivity index (χ1n) is 8.95. The van der Waals surface area contributed by atoms with E-state index in [1.807, 2.05) is 39.5 Å². The van der Waals surface area contributed by atoms with Crippen LogP contribution in [-0.4, -0.2) is 64.8 Å². The zero-order valence-electron chi connectivity index (χ0n) is 16.0. The molecule has 0 saturated carbocycles. The second-order valence-electron chi connectivity index (χ2n) is 8.49. The molecule has 0 aliphatic carbocycles. The van der Waals surface area contributed by atoms with Gasteiger partial charge in [0.1, 0.15) is 11.2 Å². The maximum Gasteiger partial charge on any atom is 0.410 e. The van der Waals surface area contributed by atoms with Crippen molar-refractivity contribution in [2.45, 2.75) is 77.6 Å². The molecule has 2 aliphatic heterocycles. The van der Waals surface area contributed by atoms with Crippen molar-refractivity contribution in [2.75, 3.05) is 26.2 Å². The Kier molecular flexibility index (Phi) is 5.19. The molecule has 0 unspecified atom stereocenters. The second-order valence-corrected chi connectivity index (χ2v) is 8.49. The van der Waals surface area contributed by atoms with E-state index in [0.717, 1.165) is 25.8 Å². The van der Waals surface area contributed by atoms with E-state index < -0.39 is 11.2 Å². The van der Waals surface area contributed by atoms with Gasteiger partial charge in [0, 0.05) is 26.2 Å². The number of hydrogen-bond acceptors (Lipinski definition) is 4. The molecule has 0 N–H and O–H groups in total. The lowest BCUT2D eigenvalue weighted by Gasteiger charge is -2.52. The van der Waals surface area contributed by atoms with Crippen LogP contribution in [0, 0.1) is 0 Å². The monoisotopic (exact) mass is 340 g/mol. The average Bonchev–Trinajstić information content (AvgIpc) is 2.43. The number of ether oxygens (including phenoxy) is 2. The van der Waals surface area contributed by atoms with E-state index in [9.17, 15) is 9.59 Å². The molecule has 138 valence electrons. The fourth-order valence-corrected chi connectivity index (χ4v) is 3.55. The highest BCUT2D eigenvalue weighted by Gasteiger charge is 2.50. The third-order valence-corrected chi connectivity index (χ3v) is 4.57. The third-order valence-electron chi connectivity index (χ3n) is 4.57. The summed E-state index contributed by atoms with van der Waals surface area (Å²) in [5.74, 6) is 0.0598. The van der Waals surface area contributed by atoms with Gasteiger partial charge in [0.15, 0.2) is 0 Å². The van der Waals surface area contributed by atoms with Crippen molar-refractivity contribution in [3.63, 3.8) is 0 Å². The Balaban J connectivity index is 2.03. The van der Waals surface area contributed by atoms with E-state index >= 15 is 0 Å². The molecule has 0 bridgehead atoms. The number of carbonyl (C=O) groups is 2. The van der Waals surface area contributed by atoms with Crippen LogP contribution in [0.25, 0.3) is 0 Å². The third kappa shape index (κ3) is 4.21. The number of amides is 2. The Morgan fingerprint density at radius 2 is 1.83 bits per heavy atom. The first kappa shape index (κ1) is 19.0. The molecule has 2 heterocycles. The van der Waals surface area contributed by atoms with Crippen molar-refractivity contribution < 1.29 is 19.1 Å². The Bertz CT molecular complexity index is 488. The van der Waals surface area contributed by atoms with Crippen LogP contribution >= 0.6 is 0 Å². The molecular formula is C18H32N2O4. The zero-order chi connectivity index (χ0) is 18.2. The van der Waals surface area contributed by atoms with Gasteiger partial charge in [0.25, 0.3) is 5.91 Å². The van der Waals surface area contributed by atoms with Crippen LogP contribution in [-0.2, 0) is 14.3 Å². The van der Waals surface area contributed by atoms with Crippen LogP contribution in [0.1, 0.15) is 60.8 Å². The van der Waals surface area contributed by atoms with Gasteiger partial charge in [-0.05, 0) is 53.9 Å². The minimum atomic E-state index is -0.804. The topological polar surface area (TPSA) is 59.1 Å². The highest BCUT2D eigenvalue weighted by atomic mass is 16.6. The summed E-state index contributed by atoms with van der Waals surface area (Å²) in [5, 5.41) is 0. The molecule has 6 nitrogen and oxygen atoms in total. The van der Waals surface area contributed by atoms with Crippen LogP contribution in [0.4, 0.5) is 4.79 Å².